The number of hydrogen-bond donors (Lipinski definition) is 11. The van der Waals surface area contributed by atoms with Gasteiger partial charge < -0.3 is 85.5 Å². The van der Waals surface area contributed by atoms with Gasteiger partial charge in [0.2, 0.25) is 5.95 Å². The van der Waals surface area contributed by atoms with Crippen molar-refractivity contribution in [2.75, 3.05) is 94.2 Å². The van der Waals surface area contributed by atoms with E-state index in [0.29, 0.717) is 72.3 Å². The van der Waals surface area contributed by atoms with Crippen LogP contribution < -0.4 is 32.6 Å². The minimum atomic E-state index is -4.55. The van der Waals surface area contributed by atoms with Crippen molar-refractivity contribution in [1.29, 1.82) is 0 Å². The van der Waals surface area contributed by atoms with Crippen LogP contribution in [0.5, 0.6) is 0 Å². The van der Waals surface area contributed by atoms with E-state index in [9.17, 15) is 58.7 Å². The van der Waals surface area contributed by atoms with E-state index in [-0.39, 0.29) is 150 Å². The number of H-pyrrole nitrogens is 1. The Morgan fingerprint density at radius 3 is 1.99 bits per heavy atom. The Kier molecular flexibility index (Phi) is 29.6. The number of unbranched alkanes of at least 4 members (excludes halogenated alkanes) is 1. The maximum Gasteiger partial charge on any atom is 0.472 e. The highest BCUT2D eigenvalue weighted by atomic mass is 127. The summed E-state index contributed by atoms with van der Waals surface area (Å²) in [5, 5.41) is 51.1. The number of aliphatic carboxylic acids is 1. The number of imidazole rings is 2. The zero-order valence-corrected chi connectivity index (χ0v) is 60.4. The summed E-state index contributed by atoms with van der Waals surface area (Å²) in [5.74, 6) is -2.11. The van der Waals surface area contributed by atoms with Crippen LogP contribution in [0, 0.1) is 13.8 Å². The van der Waals surface area contributed by atoms with Gasteiger partial charge in [0.1, 0.15) is 84.4 Å². The largest absolute Gasteiger partial charge is 0.480 e. The summed E-state index contributed by atoms with van der Waals surface area (Å²) in [4.78, 5) is 117. The van der Waals surface area contributed by atoms with Crippen molar-refractivity contribution in [2.24, 2.45) is 9.98 Å². The van der Waals surface area contributed by atoms with E-state index < -0.39 is 92.3 Å². The lowest BCUT2D eigenvalue weighted by Gasteiger charge is -2.19. The smallest absolute Gasteiger partial charge is 0.472 e. The maximum absolute atomic E-state index is 12.9. The van der Waals surface area contributed by atoms with Gasteiger partial charge in [0.15, 0.2) is 11.2 Å². The van der Waals surface area contributed by atoms with Gasteiger partial charge in [-0.15, -0.1) is 24.0 Å². The lowest BCUT2D eigenvalue weighted by molar-refractivity contribution is -0.139. The van der Waals surface area contributed by atoms with E-state index in [4.69, 9.17) is 47.9 Å². The molecule has 4 aromatic heterocycles. The number of amides is 1. The predicted molar refractivity (Wildman–Crippen MR) is 386 cm³/mol. The maximum atomic E-state index is 12.9. The standard InChI is InChI=1S/C40H54N11O15P.C27H28N4O6.HI/c41-40-49-35-34(38(56)50-40)47-26(19-44-35)18-43-25-6-4-24(5-7-25)37(55)48-28(39(57)58)9-8-27(53)3-1-2-10-61-11-12-62-13-14-63-15-16-64-67(59,60)66-30-20-42-22-45-36-33(30)46-23-51(36)32-17-29(54)31(21-52)65-32;1-16-3-7-18(8-4-16)26(33)35-13-22-21(37-27(34)19-9-5-17(2)6-10-19)11-23(36-22)31-15-30-24-20(32)12-28-14-29-25(24)31;/h4-7,19,22-23,28-32,43,52,54H,1-3,8-18,20-21H2,(H,42,45)(H,48,55)(H,57,58)(H,59,60)(H3,41,44,49,50,56);3-10,14-15,20-23,32H,11-13H2,1-2H3,(H,28,29);1H/t28?,29-,30-,31-,32-;20-,21-,22-,23-;/m11./s1. The monoisotopic (exact) mass is 1590 g/mol. The number of anilines is 4. The highest BCUT2D eigenvalue weighted by Crippen LogP contribution is 2.49. The SMILES string of the molecule is Cc1ccc(C(=O)OC[C@H]2O[C@@H](n3cnc4c3NC=NC[C@H]4O)C[C@H]2OC(=O)c2ccc(C)cc2)cc1.I.Nc1nc2ncc(CNc3ccc(C(=O)NC(CCC(=O)CCCCOCCOCCOCCOP(=O)(O)O[C@@H]4CN=CNc5c4ncn5[C@H]4C[C@@H](O)[C@@H](CO)O4)C(=O)O)cc3)nc2c(=O)[nH]1. The number of phosphoric ester groups is 1. The number of carbonyl (C=O) groups excluding carboxylic acids is 4. The van der Waals surface area contributed by atoms with Gasteiger partial charge >= 0.3 is 25.7 Å². The highest BCUT2D eigenvalue weighted by Gasteiger charge is 2.42. The van der Waals surface area contributed by atoms with Crippen molar-refractivity contribution in [2.45, 2.75) is 120 Å². The Morgan fingerprint density at radius 1 is 0.733 bits per heavy atom. The van der Waals surface area contributed by atoms with Crippen molar-refractivity contribution in [3.63, 3.8) is 0 Å². The number of halogens is 1. The van der Waals surface area contributed by atoms with Gasteiger partial charge in [-0.25, -0.2) is 38.9 Å². The Morgan fingerprint density at radius 2 is 1.33 bits per heavy atom. The number of ketones is 1. The number of nitrogens with zero attached hydrogens (tertiary/aromatic N) is 9. The second kappa shape index (κ2) is 38.8. The number of phosphoric acid groups is 1. The Bertz CT molecular complexity index is 4240. The van der Waals surface area contributed by atoms with Crippen molar-refractivity contribution in [3.05, 3.63) is 147 Å². The number of benzene rings is 3. The number of aromatic amines is 1. The number of aryl methyl sites for hydroxylation is 2. The van der Waals surface area contributed by atoms with Crippen LogP contribution in [0.3, 0.4) is 0 Å². The summed E-state index contributed by atoms with van der Waals surface area (Å²) in [6.07, 6.45) is 2.99. The minimum Gasteiger partial charge on any atom is -0.480 e. The summed E-state index contributed by atoms with van der Waals surface area (Å²) < 4.78 is 66.2. The van der Waals surface area contributed by atoms with Gasteiger partial charge in [-0.1, -0.05) is 35.4 Å². The third kappa shape index (κ3) is 22.7. The predicted octanol–water partition coefficient (Wildman–Crippen LogP) is 4.80. The van der Waals surface area contributed by atoms with E-state index in [0.717, 1.165) is 11.1 Å². The van der Waals surface area contributed by atoms with Crippen LogP contribution in [0.25, 0.3) is 11.2 Å². The number of carboxylic acids is 1. The number of rotatable bonds is 34. The number of nitrogens with two attached hydrogens (primary N) is 1. The van der Waals surface area contributed by atoms with Crippen LogP contribution in [0.4, 0.5) is 23.3 Å². The number of ether oxygens (including phenoxy) is 7. The highest BCUT2D eigenvalue weighted by molar-refractivity contribution is 14.0. The van der Waals surface area contributed by atoms with Crippen LogP contribution in [0.2, 0.25) is 0 Å². The van der Waals surface area contributed by atoms with Crippen molar-refractivity contribution in [3.8, 4) is 0 Å². The van der Waals surface area contributed by atoms with Crippen molar-refractivity contribution < 1.29 is 96.1 Å². The van der Waals surface area contributed by atoms with Crippen LogP contribution in [0.1, 0.15) is 129 Å². The Balaban J connectivity index is 0.000000282. The number of carbonyl (C=O) groups is 5. The number of nitrogen functional groups attached to an aromatic ring is 1. The minimum absolute atomic E-state index is 0. The fourth-order valence-electron chi connectivity index (χ4n) is 11.1. The molecule has 3 aromatic carbocycles. The summed E-state index contributed by atoms with van der Waals surface area (Å²) in [7, 11) is -4.55. The Labute approximate surface area is 617 Å². The summed E-state index contributed by atoms with van der Waals surface area (Å²) >= 11 is 0. The molecule has 4 aliphatic heterocycles. The molecular weight excluding hydrogens is 1510 g/mol. The molecule has 7 aromatic rings. The fourth-order valence-corrected chi connectivity index (χ4v) is 12.0. The molecule has 2 unspecified atom stereocenters. The van der Waals surface area contributed by atoms with E-state index in [2.05, 4.69) is 61.2 Å². The number of nitrogens with one attached hydrogen (secondary N) is 5. The summed E-state index contributed by atoms with van der Waals surface area (Å²) in [5.41, 5.74) is 10.1. The fraction of sp³-hybridized carbons (Fsp3) is 0.448. The first-order valence-corrected chi connectivity index (χ1v) is 34.9. The molecule has 1 amide bonds. The van der Waals surface area contributed by atoms with Gasteiger partial charge in [0.05, 0.1) is 120 Å². The molecule has 38 heteroatoms. The molecule has 8 heterocycles. The van der Waals surface area contributed by atoms with Gasteiger partial charge in [-0.05, 0) is 81.6 Å². The molecule has 105 heavy (non-hydrogen) atoms. The first-order chi connectivity index (χ1) is 50.2. The molecule has 4 aliphatic rings. The van der Waals surface area contributed by atoms with E-state index >= 15 is 0 Å². The van der Waals surface area contributed by atoms with Gasteiger partial charge in [-0.2, -0.15) is 4.98 Å². The molecule has 564 valence electrons. The number of aliphatic hydroxyl groups excluding tert-OH is 3. The average Bonchev–Trinajstić information content (AvgIpc) is 1.67. The van der Waals surface area contributed by atoms with Crippen LogP contribution in [-0.4, -0.2) is 210 Å². The zero-order valence-electron chi connectivity index (χ0n) is 57.2. The van der Waals surface area contributed by atoms with E-state index in [1.807, 2.05) is 38.1 Å². The number of carboxylic acid groups (broad SMARTS) is 1. The Hall–Kier alpha value is -9.09. The third-order valence-electron chi connectivity index (χ3n) is 16.7. The summed E-state index contributed by atoms with van der Waals surface area (Å²) in [6, 6.07) is 19.2. The number of fused-ring (bicyclic) bond motifs is 3. The van der Waals surface area contributed by atoms with Crippen LogP contribution in [0.15, 0.2) is 106 Å². The molecule has 0 saturated carbocycles. The number of aliphatic imine (C=N–C) groups is 2. The molecule has 2 saturated heterocycles. The summed E-state index contributed by atoms with van der Waals surface area (Å²) in [6.45, 7) is 4.93. The number of hydrogen-bond acceptors (Lipinski definition) is 30. The zero-order chi connectivity index (χ0) is 73.7. The number of aliphatic hydroxyl groups is 3. The van der Waals surface area contributed by atoms with Gasteiger partial charge in [0, 0.05) is 43.5 Å². The first-order valence-electron chi connectivity index (χ1n) is 33.4. The molecule has 0 radical (unpaired) electrons. The van der Waals surface area contributed by atoms with Crippen molar-refractivity contribution >= 4 is 109 Å². The van der Waals surface area contributed by atoms with E-state index in [1.54, 1.807) is 51.9 Å². The molecule has 2 fully saturated rings. The quantitative estimate of drug-likeness (QED) is 0.0112. The lowest BCUT2D eigenvalue weighted by atomic mass is 10.0. The molecule has 0 aliphatic carbocycles. The average molecular weight is 1590 g/mol. The molecule has 36 nitrogen and oxygen atoms in total. The van der Waals surface area contributed by atoms with Gasteiger partial charge in [-0.3, -0.25) is 47.5 Å². The second-order valence-electron chi connectivity index (χ2n) is 24.4. The molecule has 10 atom stereocenters. The lowest BCUT2D eigenvalue weighted by Crippen LogP contribution is -2.41. The van der Waals surface area contributed by atoms with Crippen molar-refractivity contribution in [1.82, 2.24) is 44.4 Å². The molecule has 0 spiro atoms. The molecular formula is C67H83IN15O21P. The third-order valence-corrected chi connectivity index (χ3v) is 17.7. The second-order valence-corrected chi connectivity index (χ2v) is 25.8. The number of aromatic nitrogens is 8. The van der Waals surface area contributed by atoms with E-state index in [1.165, 1.54) is 37.3 Å². The number of esters is 2. The molecule has 11 rings (SSSR count). The number of Topliss-reactive ketones (excluding diaryl/α,β-unsaturated/α-hetero) is 1. The first kappa shape index (κ1) is 80.0. The molecule has 12 N–H and O–H groups in total. The normalized spacial score (nSPS) is 20.2. The topological polar surface area (TPSA) is 493 Å². The molecule has 0 bridgehead atoms. The van der Waals surface area contributed by atoms with Gasteiger partial charge in [0.25, 0.3) is 11.5 Å². The van der Waals surface area contributed by atoms with Crippen LogP contribution >= 0.6 is 31.8 Å². The van der Waals surface area contributed by atoms with Crippen LogP contribution in [-0.2, 0) is 62.9 Å².